The molecule has 0 amide bonds. The van der Waals surface area contributed by atoms with Gasteiger partial charge < -0.3 is 4.80 Å². The average Bonchev–Trinajstić information content (AvgIpc) is 2.36. The second-order valence-corrected chi connectivity index (χ2v) is 11.7. The van der Waals surface area contributed by atoms with Gasteiger partial charge in [0, 0.05) is 0 Å². The van der Waals surface area contributed by atoms with E-state index in [9.17, 15) is 4.80 Å². The molecular weight excluding hydrogens is 248 g/mol. The Labute approximate surface area is 123 Å². The summed E-state index contributed by atoms with van der Waals surface area (Å²) in [5, 5.41) is 0. The monoisotopic (exact) mass is 286 g/mol. The predicted molar refractivity (Wildman–Crippen MR) is 90.2 cm³/mol. The van der Waals surface area contributed by atoms with E-state index in [1.807, 2.05) is 0 Å². The minimum Gasteiger partial charge on any atom is -0.431 e. The largest absolute Gasteiger partial charge is 0.431 e. The Hall–Kier alpha value is 0.177. The fraction of sp³-hybridized carbons (Fsp3) is 1.00. The van der Waals surface area contributed by atoms with Crippen LogP contribution in [0.1, 0.15) is 92.4 Å². The highest BCUT2D eigenvalue weighted by Gasteiger charge is 2.37. The molecule has 0 aromatic heterocycles. The van der Waals surface area contributed by atoms with Crippen LogP contribution < -0.4 is 0 Å². The quantitative estimate of drug-likeness (QED) is 0.331. The summed E-state index contributed by atoms with van der Waals surface area (Å²) < 4.78 is 0. The SMILES string of the molecule is CCCCCCCCCCC[Si](O)(C(C)C)C(C)C. The van der Waals surface area contributed by atoms with Crippen LogP contribution in [-0.2, 0) is 0 Å². The third-order valence-corrected chi connectivity index (χ3v) is 9.83. The summed E-state index contributed by atoms with van der Waals surface area (Å²) in [4.78, 5) is 10.8. The molecule has 1 N–H and O–H groups in total. The smallest absolute Gasteiger partial charge is 0.193 e. The minimum atomic E-state index is -1.99. The molecule has 0 aliphatic rings. The average molecular weight is 287 g/mol. The number of unbranched alkanes of at least 4 members (excludes halogenated alkanes) is 8. The molecule has 116 valence electrons. The third kappa shape index (κ3) is 8.14. The molecule has 0 atom stereocenters. The first kappa shape index (κ1) is 19.2. The Bertz CT molecular complexity index is 193. The molecule has 0 spiro atoms. The van der Waals surface area contributed by atoms with E-state index in [0.717, 1.165) is 6.04 Å². The molecule has 0 saturated carbocycles. The summed E-state index contributed by atoms with van der Waals surface area (Å²) in [6.07, 6.45) is 12.3. The van der Waals surface area contributed by atoms with Gasteiger partial charge in [0.05, 0.1) is 0 Å². The van der Waals surface area contributed by atoms with Gasteiger partial charge in [0.25, 0.3) is 0 Å². The van der Waals surface area contributed by atoms with Crippen molar-refractivity contribution in [3.63, 3.8) is 0 Å². The van der Waals surface area contributed by atoms with Gasteiger partial charge in [-0.2, -0.15) is 0 Å². The number of hydrogen-bond acceptors (Lipinski definition) is 1. The van der Waals surface area contributed by atoms with Crippen molar-refractivity contribution in [3.8, 4) is 0 Å². The second kappa shape index (κ2) is 10.9. The van der Waals surface area contributed by atoms with Gasteiger partial charge in [-0.1, -0.05) is 92.4 Å². The van der Waals surface area contributed by atoms with E-state index in [4.69, 9.17) is 0 Å². The van der Waals surface area contributed by atoms with Crippen LogP contribution in [-0.4, -0.2) is 13.1 Å². The summed E-state index contributed by atoms with van der Waals surface area (Å²) in [5.41, 5.74) is 1.00. The Morgan fingerprint density at radius 1 is 0.684 bits per heavy atom. The lowest BCUT2D eigenvalue weighted by Crippen LogP contribution is -2.41. The first-order chi connectivity index (χ1) is 8.95. The van der Waals surface area contributed by atoms with Gasteiger partial charge in [0.1, 0.15) is 0 Å². The summed E-state index contributed by atoms with van der Waals surface area (Å²) in [7, 11) is -1.99. The molecule has 0 bridgehead atoms. The maximum Gasteiger partial charge on any atom is 0.193 e. The molecule has 0 aliphatic heterocycles. The van der Waals surface area contributed by atoms with Crippen molar-refractivity contribution in [1.82, 2.24) is 0 Å². The van der Waals surface area contributed by atoms with Crippen LogP contribution in [0.4, 0.5) is 0 Å². The molecule has 0 unspecified atom stereocenters. The van der Waals surface area contributed by atoms with Gasteiger partial charge >= 0.3 is 0 Å². The van der Waals surface area contributed by atoms with E-state index in [1.54, 1.807) is 0 Å². The van der Waals surface area contributed by atoms with Gasteiger partial charge in [-0.05, 0) is 17.1 Å². The molecule has 0 saturated heterocycles. The maximum atomic E-state index is 10.8. The first-order valence-electron chi connectivity index (χ1n) is 8.67. The standard InChI is InChI=1S/C17H38OSi/c1-6-7-8-9-10-11-12-13-14-15-19(18,16(2)3)17(4)5/h16-18H,6-15H2,1-5H3. The summed E-state index contributed by atoms with van der Waals surface area (Å²) in [6, 6.07) is 1.11. The van der Waals surface area contributed by atoms with Gasteiger partial charge in [-0.25, -0.2) is 0 Å². The van der Waals surface area contributed by atoms with Gasteiger partial charge in [0.15, 0.2) is 8.32 Å². The van der Waals surface area contributed by atoms with E-state index in [1.165, 1.54) is 57.8 Å². The van der Waals surface area contributed by atoms with Crippen molar-refractivity contribution < 1.29 is 4.80 Å². The highest BCUT2D eigenvalue weighted by atomic mass is 28.4. The molecule has 0 fully saturated rings. The van der Waals surface area contributed by atoms with Gasteiger partial charge in [0.2, 0.25) is 0 Å². The lowest BCUT2D eigenvalue weighted by molar-refractivity contribution is 0.481. The van der Waals surface area contributed by atoms with Crippen LogP contribution in [0.15, 0.2) is 0 Å². The zero-order chi connectivity index (χ0) is 14.7. The molecule has 1 nitrogen and oxygen atoms in total. The molecule has 0 rings (SSSR count). The zero-order valence-electron chi connectivity index (χ0n) is 14.2. The Morgan fingerprint density at radius 2 is 1.05 bits per heavy atom. The molecule has 0 aromatic carbocycles. The number of rotatable bonds is 12. The van der Waals surface area contributed by atoms with E-state index in [-0.39, 0.29) is 0 Å². The van der Waals surface area contributed by atoms with Crippen molar-refractivity contribution in [2.75, 3.05) is 0 Å². The third-order valence-electron chi connectivity index (χ3n) is 4.68. The molecule has 0 heterocycles. The van der Waals surface area contributed by atoms with E-state index >= 15 is 0 Å². The summed E-state index contributed by atoms with van der Waals surface area (Å²) in [5.74, 6) is 0. The maximum absolute atomic E-state index is 10.8. The normalized spacial score (nSPS) is 12.6. The van der Waals surface area contributed by atoms with Crippen molar-refractivity contribution >= 4 is 8.32 Å². The van der Waals surface area contributed by atoms with E-state index in [0.29, 0.717) is 11.1 Å². The van der Waals surface area contributed by atoms with E-state index < -0.39 is 8.32 Å². The van der Waals surface area contributed by atoms with Crippen molar-refractivity contribution in [3.05, 3.63) is 0 Å². The first-order valence-corrected chi connectivity index (χ1v) is 11.0. The van der Waals surface area contributed by atoms with Crippen LogP contribution in [0, 0.1) is 0 Å². The molecular formula is C17H38OSi. The Balaban J connectivity index is 3.57. The fourth-order valence-corrected chi connectivity index (χ4v) is 6.27. The van der Waals surface area contributed by atoms with Crippen molar-refractivity contribution in [2.45, 2.75) is 110 Å². The van der Waals surface area contributed by atoms with Crippen LogP contribution in [0.5, 0.6) is 0 Å². The van der Waals surface area contributed by atoms with Gasteiger partial charge in [-0.3, -0.25) is 0 Å². The zero-order valence-corrected chi connectivity index (χ0v) is 15.2. The lowest BCUT2D eigenvalue weighted by atomic mass is 10.1. The van der Waals surface area contributed by atoms with Crippen molar-refractivity contribution in [2.24, 2.45) is 0 Å². The highest BCUT2D eigenvalue weighted by molar-refractivity contribution is 6.75. The van der Waals surface area contributed by atoms with Crippen LogP contribution in [0.3, 0.4) is 0 Å². The fourth-order valence-electron chi connectivity index (χ4n) is 2.96. The molecule has 0 aromatic rings. The summed E-state index contributed by atoms with van der Waals surface area (Å²) in [6.45, 7) is 11.1. The minimum absolute atomic E-state index is 0.501. The molecule has 2 heteroatoms. The van der Waals surface area contributed by atoms with Crippen LogP contribution in [0.25, 0.3) is 0 Å². The van der Waals surface area contributed by atoms with Crippen LogP contribution in [0.2, 0.25) is 17.1 Å². The topological polar surface area (TPSA) is 20.2 Å². The Morgan fingerprint density at radius 3 is 1.42 bits per heavy atom. The van der Waals surface area contributed by atoms with Crippen molar-refractivity contribution in [1.29, 1.82) is 0 Å². The number of hydrogen-bond donors (Lipinski definition) is 1. The molecule has 0 aliphatic carbocycles. The van der Waals surface area contributed by atoms with Crippen LogP contribution >= 0.6 is 0 Å². The Kier molecular flexibility index (Phi) is 11.0. The lowest BCUT2D eigenvalue weighted by Gasteiger charge is -2.33. The summed E-state index contributed by atoms with van der Waals surface area (Å²) >= 11 is 0. The van der Waals surface area contributed by atoms with Gasteiger partial charge in [-0.15, -0.1) is 0 Å². The predicted octanol–water partition coefficient (Wildman–Crippen LogP) is 6.28. The molecule has 19 heavy (non-hydrogen) atoms. The highest BCUT2D eigenvalue weighted by Crippen LogP contribution is 2.34. The second-order valence-electron chi connectivity index (χ2n) is 6.88. The molecule has 0 radical (unpaired) electrons. The van der Waals surface area contributed by atoms with E-state index in [2.05, 4.69) is 34.6 Å².